The van der Waals surface area contributed by atoms with Crippen molar-refractivity contribution in [3.63, 3.8) is 0 Å². The van der Waals surface area contributed by atoms with E-state index in [2.05, 4.69) is 10.2 Å². The topological polar surface area (TPSA) is 67.4 Å². The Morgan fingerprint density at radius 2 is 1.52 bits per heavy atom. The third-order valence-electron chi connectivity index (χ3n) is 3.32. The first kappa shape index (κ1) is 15.1. The predicted octanol–water partition coefficient (Wildman–Crippen LogP) is 3.03. The molecule has 23 heavy (non-hydrogen) atoms. The second-order valence-corrected chi connectivity index (χ2v) is 4.97. The van der Waals surface area contributed by atoms with Crippen LogP contribution in [0.5, 0.6) is 11.5 Å². The van der Waals surface area contributed by atoms with Crippen LogP contribution in [0.2, 0.25) is 0 Å². The van der Waals surface area contributed by atoms with E-state index < -0.39 is 0 Å². The molecule has 0 saturated carbocycles. The van der Waals surface area contributed by atoms with Crippen LogP contribution in [0.3, 0.4) is 0 Å². The van der Waals surface area contributed by atoms with Gasteiger partial charge in [0.2, 0.25) is 0 Å². The average Bonchev–Trinajstić information content (AvgIpc) is 3.09. The Hall–Kier alpha value is -2.79. The Kier molecular flexibility index (Phi) is 4.91. The first-order chi connectivity index (χ1) is 11.3. The van der Waals surface area contributed by atoms with Gasteiger partial charge in [0.05, 0.1) is 18.0 Å². The number of para-hydroxylation sites is 1. The zero-order valence-electron chi connectivity index (χ0n) is 12.6. The molecule has 0 atom stereocenters. The summed E-state index contributed by atoms with van der Waals surface area (Å²) in [5.74, 6) is 1.62. The van der Waals surface area contributed by atoms with E-state index in [1.807, 2.05) is 60.7 Å². The smallest absolute Gasteiger partial charge is 0.122 e. The van der Waals surface area contributed by atoms with Crippen LogP contribution in [0.15, 0.2) is 60.7 Å². The lowest BCUT2D eigenvalue weighted by Crippen LogP contribution is -2.08. The van der Waals surface area contributed by atoms with Crippen molar-refractivity contribution in [2.75, 3.05) is 13.2 Å². The van der Waals surface area contributed by atoms with Crippen LogP contribution in [-0.2, 0) is 6.61 Å². The summed E-state index contributed by atoms with van der Waals surface area (Å²) >= 11 is 0. The van der Waals surface area contributed by atoms with Gasteiger partial charge in [0.1, 0.15) is 24.7 Å². The Morgan fingerprint density at radius 3 is 2.13 bits per heavy atom. The van der Waals surface area contributed by atoms with Gasteiger partial charge in [0.15, 0.2) is 0 Å². The molecule has 0 aliphatic carbocycles. The van der Waals surface area contributed by atoms with Crippen LogP contribution in [-0.4, -0.2) is 28.5 Å². The van der Waals surface area contributed by atoms with Gasteiger partial charge in [-0.1, -0.05) is 18.2 Å². The van der Waals surface area contributed by atoms with Gasteiger partial charge in [-0.15, -0.1) is 0 Å². The van der Waals surface area contributed by atoms with E-state index >= 15 is 0 Å². The van der Waals surface area contributed by atoms with Gasteiger partial charge in [0.25, 0.3) is 0 Å². The second-order valence-electron chi connectivity index (χ2n) is 4.97. The normalized spacial score (nSPS) is 10.5. The van der Waals surface area contributed by atoms with Crippen LogP contribution < -0.4 is 9.47 Å². The summed E-state index contributed by atoms with van der Waals surface area (Å²) in [6.45, 7) is 0.923. The molecule has 3 rings (SSSR count). The van der Waals surface area contributed by atoms with E-state index in [0.29, 0.717) is 18.9 Å². The molecule has 0 bridgehead atoms. The highest BCUT2D eigenvalue weighted by atomic mass is 16.5. The van der Waals surface area contributed by atoms with Crippen molar-refractivity contribution in [1.82, 2.24) is 10.2 Å². The molecule has 0 fully saturated rings. The highest BCUT2D eigenvalue weighted by molar-refractivity contribution is 5.60. The fourth-order valence-corrected chi connectivity index (χ4v) is 2.15. The molecule has 0 aliphatic rings. The van der Waals surface area contributed by atoms with E-state index in [4.69, 9.17) is 14.6 Å². The number of nitrogens with zero attached hydrogens (tertiary/aromatic N) is 1. The van der Waals surface area contributed by atoms with Gasteiger partial charge >= 0.3 is 0 Å². The summed E-state index contributed by atoms with van der Waals surface area (Å²) in [6, 6.07) is 19.1. The molecule has 0 radical (unpaired) electrons. The third kappa shape index (κ3) is 4.11. The first-order valence-electron chi connectivity index (χ1n) is 7.41. The number of hydrogen-bond acceptors (Lipinski definition) is 4. The van der Waals surface area contributed by atoms with Gasteiger partial charge in [-0.3, -0.25) is 5.10 Å². The van der Waals surface area contributed by atoms with Crippen molar-refractivity contribution in [3.8, 4) is 22.8 Å². The lowest BCUT2D eigenvalue weighted by atomic mass is 10.1. The molecule has 0 unspecified atom stereocenters. The van der Waals surface area contributed by atoms with E-state index in [1.54, 1.807) is 0 Å². The van der Waals surface area contributed by atoms with E-state index in [0.717, 1.165) is 22.8 Å². The maximum atomic E-state index is 9.04. The number of benzene rings is 2. The average molecular weight is 310 g/mol. The van der Waals surface area contributed by atoms with E-state index in [9.17, 15) is 0 Å². The summed E-state index contributed by atoms with van der Waals surface area (Å²) in [5, 5.41) is 16.0. The van der Waals surface area contributed by atoms with Crippen molar-refractivity contribution in [3.05, 3.63) is 66.4 Å². The number of aliphatic hydroxyl groups excluding tert-OH is 1. The van der Waals surface area contributed by atoms with Gasteiger partial charge in [-0.2, -0.15) is 5.10 Å². The van der Waals surface area contributed by atoms with Gasteiger partial charge in [-0.25, -0.2) is 0 Å². The largest absolute Gasteiger partial charge is 0.490 e. The number of H-pyrrole nitrogens is 1. The number of aromatic amines is 1. The number of aliphatic hydroxyl groups is 1. The lowest BCUT2D eigenvalue weighted by molar-refractivity contribution is 0.217. The molecule has 0 aliphatic heterocycles. The number of nitrogens with one attached hydrogen (secondary N) is 1. The van der Waals surface area contributed by atoms with Crippen LogP contribution >= 0.6 is 0 Å². The Balaban J connectivity index is 1.49. The summed E-state index contributed by atoms with van der Waals surface area (Å²) in [5.41, 5.74) is 2.46. The Morgan fingerprint density at radius 1 is 0.870 bits per heavy atom. The molecule has 2 aromatic carbocycles. The molecule has 3 aromatic rings. The van der Waals surface area contributed by atoms with Crippen molar-refractivity contribution < 1.29 is 14.6 Å². The molecule has 118 valence electrons. The van der Waals surface area contributed by atoms with Crippen molar-refractivity contribution in [1.29, 1.82) is 0 Å². The molecular formula is C18H18N2O3. The van der Waals surface area contributed by atoms with E-state index in [1.165, 1.54) is 0 Å². The monoisotopic (exact) mass is 310 g/mol. The summed E-state index contributed by atoms with van der Waals surface area (Å²) in [7, 11) is 0. The molecule has 0 saturated heterocycles. The predicted molar refractivity (Wildman–Crippen MR) is 87.4 cm³/mol. The first-order valence-corrected chi connectivity index (χ1v) is 7.41. The second kappa shape index (κ2) is 7.47. The van der Waals surface area contributed by atoms with Crippen LogP contribution in [0.4, 0.5) is 0 Å². The minimum atomic E-state index is -0.0460. The van der Waals surface area contributed by atoms with Crippen molar-refractivity contribution in [2.24, 2.45) is 0 Å². The zero-order chi connectivity index (χ0) is 15.9. The molecule has 1 aromatic heterocycles. The minimum absolute atomic E-state index is 0.0460. The Labute approximate surface area is 134 Å². The quantitative estimate of drug-likeness (QED) is 0.658. The maximum Gasteiger partial charge on any atom is 0.122 e. The molecule has 2 N–H and O–H groups in total. The summed E-state index contributed by atoms with van der Waals surface area (Å²) < 4.78 is 11.2. The maximum absolute atomic E-state index is 9.04. The third-order valence-corrected chi connectivity index (χ3v) is 3.32. The van der Waals surface area contributed by atoms with Crippen molar-refractivity contribution in [2.45, 2.75) is 6.61 Å². The lowest BCUT2D eigenvalue weighted by Gasteiger charge is -2.08. The van der Waals surface area contributed by atoms with Gasteiger partial charge < -0.3 is 14.6 Å². The summed E-state index contributed by atoms with van der Waals surface area (Å²) in [6.07, 6.45) is 0. The molecule has 0 amide bonds. The summed E-state index contributed by atoms with van der Waals surface area (Å²) in [4.78, 5) is 0. The molecular weight excluding hydrogens is 292 g/mol. The Bertz CT molecular complexity index is 724. The highest BCUT2D eigenvalue weighted by Crippen LogP contribution is 2.21. The molecule has 5 nitrogen and oxygen atoms in total. The fourth-order valence-electron chi connectivity index (χ4n) is 2.15. The number of aromatic nitrogens is 2. The van der Waals surface area contributed by atoms with Crippen molar-refractivity contribution >= 4 is 0 Å². The van der Waals surface area contributed by atoms with Crippen LogP contribution in [0.25, 0.3) is 11.3 Å². The molecule has 0 spiro atoms. The SMILES string of the molecule is OCc1cc(-c2ccc(OCCOc3ccccc3)cc2)n[nH]1. The minimum Gasteiger partial charge on any atom is -0.490 e. The van der Waals surface area contributed by atoms with Gasteiger partial charge in [-0.05, 0) is 42.5 Å². The highest BCUT2D eigenvalue weighted by Gasteiger charge is 2.03. The zero-order valence-corrected chi connectivity index (χ0v) is 12.6. The number of ether oxygens (including phenoxy) is 2. The van der Waals surface area contributed by atoms with E-state index in [-0.39, 0.29) is 6.61 Å². The number of rotatable bonds is 7. The molecule has 1 heterocycles. The van der Waals surface area contributed by atoms with Gasteiger partial charge in [0, 0.05) is 5.56 Å². The standard InChI is InChI=1S/C18H18N2O3/c21-13-15-12-18(20-19-15)14-6-8-17(9-7-14)23-11-10-22-16-4-2-1-3-5-16/h1-9,12,21H,10-11,13H2,(H,19,20). The number of hydrogen-bond donors (Lipinski definition) is 2. The fraction of sp³-hybridized carbons (Fsp3) is 0.167. The molecule has 5 heteroatoms. The van der Waals surface area contributed by atoms with Crippen LogP contribution in [0.1, 0.15) is 5.69 Å². The van der Waals surface area contributed by atoms with Crippen LogP contribution in [0, 0.1) is 0 Å².